The summed E-state index contributed by atoms with van der Waals surface area (Å²) in [5.74, 6) is 0.462. The van der Waals surface area contributed by atoms with E-state index in [2.05, 4.69) is 15.3 Å². The van der Waals surface area contributed by atoms with E-state index in [0.717, 1.165) is 11.3 Å². The average molecular weight is 283 g/mol. The van der Waals surface area contributed by atoms with E-state index in [1.807, 2.05) is 19.1 Å². The number of hydrogen-bond acceptors (Lipinski definition) is 4. The van der Waals surface area contributed by atoms with Crippen LogP contribution in [0.25, 0.3) is 0 Å². The molecule has 2 aromatic rings. The molecule has 18 heavy (non-hydrogen) atoms. The molecule has 94 valence electrons. The predicted molar refractivity (Wildman–Crippen MR) is 75.7 cm³/mol. The number of benzene rings is 1. The predicted octanol–water partition coefficient (Wildman–Crippen LogP) is 3.73. The van der Waals surface area contributed by atoms with Crippen LogP contribution in [-0.4, -0.2) is 9.97 Å². The van der Waals surface area contributed by atoms with Crippen molar-refractivity contribution in [3.05, 3.63) is 39.8 Å². The number of nitrogens with zero attached hydrogens (tertiary/aromatic N) is 2. The fourth-order valence-electron chi connectivity index (χ4n) is 1.55. The van der Waals surface area contributed by atoms with Gasteiger partial charge in [-0.3, -0.25) is 0 Å². The van der Waals surface area contributed by atoms with Crippen LogP contribution >= 0.6 is 23.2 Å². The Hall–Kier alpha value is -1.52. The maximum atomic E-state index is 6.13. The van der Waals surface area contributed by atoms with Crippen molar-refractivity contribution in [1.82, 2.24) is 9.97 Å². The minimum atomic E-state index is 0.147. The van der Waals surface area contributed by atoms with Crippen LogP contribution in [0.5, 0.6) is 0 Å². The van der Waals surface area contributed by atoms with Gasteiger partial charge in [0.25, 0.3) is 0 Å². The molecule has 1 heterocycles. The Morgan fingerprint density at radius 3 is 2.56 bits per heavy atom. The van der Waals surface area contributed by atoms with Gasteiger partial charge in [-0.15, -0.1) is 0 Å². The minimum absolute atomic E-state index is 0.147. The lowest BCUT2D eigenvalue weighted by Gasteiger charge is -2.13. The number of nitrogens with two attached hydrogens (primary N) is 1. The van der Waals surface area contributed by atoms with Crippen LogP contribution in [0.1, 0.15) is 11.3 Å². The van der Waals surface area contributed by atoms with Gasteiger partial charge in [0.2, 0.25) is 5.28 Å². The van der Waals surface area contributed by atoms with Crippen LogP contribution in [0, 0.1) is 13.8 Å². The molecular formula is C12H12Cl2N4. The van der Waals surface area contributed by atoms with Crippen molar-refractivity contribution in [3.63, 3.8) is 0 Å². The SMILES string of the molecule is Cc1cccc(Cl)c1Nc1nc(Cl)nc(C)c1N. The zero-order valence-electron chi connectivity index (χ0n) is 9.96. The largest absolute Gasteiger partial charge is 0.394 e. The molecule has 0 saturated heterocycles. The van der Waals surface area contributed by atoms with E-state index in [-0.39, 0.29) is 5.28 Å². The van der Waals surface area contributed by atoms with Crippen molar-refractivity contribution in [2.45, 2.75) is 13.8 Å². The lowest BCUT2D eigenvalue weighted by molar-refractivity contribution is 1.11. The van der Waals surface area contributed by atoms with Crippen LogP contribution in [0.2, 0.25) is 10.3 Å². The fourth-order valence-corrected chi connectivity index (χ4v) is 2.03. The number of anilines is 3. The van der Waals surface area contributed by atoms with Crippen molar-refractivity contribution in [2.24, 2.45) is 0 Å². The Morgan fingerprint density at radius 1 is 1.17 bits per heavy atom. The normalized spacial score (nSPS) is 10.4. The van der Waals surface area contributed by atoms with Crippen LogP contribution in [-0.2, 0) is 0 Å². The molecule has 0 atom stereocenters. The minimum Gasteiger partial charge on any atom is -0.394 e. The Labute approximate surface area is 115 Å². The van der Waals surface area contributed by atoms with Crippen molar-refractivity contribution in [3.8, 4) is 0 Å². The molecule has 0 spiro atoms. The van der Waals surface area contributed by atoms with E-state index in [4.69, 9.17) is 28.9 Å². The molecule has 3 N–H and O–H groups in total. The second-order valence-electron chi connectivity index (χ2n) is 3.90. The molecule has 0 saturated carbocycles. The molecule has 0 aliphatic heterocycles. The number of para-hydroxylation sites is 1. The second-order valence-corrected chi connectivity index (χ2v) is 4.64. The van der Waals surface area contributed by atoms with Crippen LogP contribution in [0.15, 0.2) is 18.2 Å². The highest BCUT2D eigenvalue weighted by Gasteiger charge is 2.11. The molecule has 0 unspecified atom stereocenters. The summed E-state index contributed by atoms with van der Waals surface area (Å²) in [6.07, 6.45) is 0. The smallest absolute Gasteiger partial charge is 0.224 e. The number of aromatic nitrogens is 2. The van der Waals surface area contributed by atoms with Gasteiger partial charge in [-0.25, -0.2) is 4.98 Å². The molecular weight excluding hydrogens is 271 g/mol. The van der Waals surface area contributed by atoms with E-state index in [9.17, 15) is 0 Å². The molecule has 2 rings (SSSR count). The highest BCUT2D eigenvalue weighted by Crippen LogP contribution is 2.31. The monoisotopic (exact) mass is 282 g/mol. The first-order valence-electron chi connectivity index (χ1n) is 5.31. The third kappa shape index (κ3) is 2.49. The number of nitrogen functional groups attached to an aromatic ring is 1. The third-order valence-electron chi connectivity index (χ3n) is 2.57. The highest BCUT2D eigenvalue weighted by molar-refractivity contribution is 6.33. The molecule has 0 aliphatic rings. The maximum absolute atomic E-state index is 6.13. The van der Waals surface area contributed by atoms with Gasteiger partial charge in [0.1, 0.15) is 0 Å². The van der Waals surface area contributed by atoms with E-state index in [0.29, 0.717) is 22.2 Å². The zero-order chi connectivity index (χ0) is 13.3. The van der Waals surface area contributed by atoms with Crippen molar-refractivity contribution >= 4 is 40.4 Å². The molecule has 0 amide bonds. The van der Waals surface area contributed by atoms with Crippen LogP contribution < -0.4 is 11.1 Å². The third-order valence-corrected chi connectivity index (χ3v) is 3.06. The molecule has 0 radical (unpaired) electrons. The molecule has 1 aromatic carbocycles. The number of aryl methyl sites for hydroxylation is 2. The fraction of sp³-hybridized carbons (Fsp3) is 0.167. The standard InChI is InChI=1S/C12H12Cl2N4/c1-6-4-3-5-8(13)10(6)17-11-9(15)7(2)16-12(14)18-11/h3-5H,15H2,1-2H3,(H,16,17,18). The lowest BCUT2D eigenvalue weighted by Crippen LogP contribution is -2.05. The van der Waals surface area contributed by atoms with E-state index >= 15 is 0 Å². The van der Waals surface area contributed by atoms with Gasteiger partial charge in [-0.05, 0) is 37.1 Å². The van der Waals surface area contributed by atoms with Crippen molar-refractivity contribution < 1.29 is 0 Å². The zero-order valence-corrected chi connectivity index (χ0v) is 11.5. The quantitative estimate of drug-likeness (QED) is 0.824. The first-order chi connectivity index (χ1) is 8.49. The molecule has 6 heteroatoms. The Balaban J connectivity index is 2.46. The summed E-state index contributed by atoms with van der Waals surface area (Å²) >= 11 is 11.9. The topological polar surface area (TPSA) is 63.8 Å². The van der Waals surface area contributed by atoms with E-state index in [1.54, 1.807) is 13.0 Å². The Kier molecular flexibility index (Phi) is 3.59. The molecule has 0 bridgehead atoms. The number of nitrogens with one attached hydrogen (secondary N) is 1. The van der Waals surface area contributed by atoms with Crippen LogP contribution in [0.4, 0.5) is 17.2 Å². The van der Waals surface area contributed by atoms with Gasteiger partial charge in [-0.2, -0.15) is 4.98 Å². The van der Waals surface area contributed by atoms with Gasteiger partial charge in [0.15, 0.2) is 5.82 Å². The lowest BCUT2D eigenvalue weighted by atomic mass is 10.2. The van der Waals surface area contributed by atoms with Crippen molar-refractivity contribution in [1.29, 1.82) is 0 Å². The van der Waals surface area contributed by atoms with Gasteiger partial charge in [0, 0.05) is 0 Å². The summed E-state index contributed by atoms with van der Waals surface area (Å²) < 4.78 is 0. The highest BCUT2D eigenvalue weighted by atomic mass is 35.5. The molecule has 0 aliphatic carbocycles. The van der Waals surface area contributed by atoms with Crippen molar-refractivity contribution in [2.75, 3.05) is 11.1 Å². The molecule has 4 nitrogen and oxygen atoms in total. The maximum Gasteiger partial charge on any atom is 0.224 e. The summed E-state index contributed by atoms with van der Waals surface area (Å²) in [5.41, 5.74) is 8.75. The average Bonchev–Trinajstić information content (AvgIpc) is 2.30. The second kappa shape index (κ2) is 5.00. The first kappa shape index (κ1) is 12.9. The van der Waals surface area contributed by atoms with E-state index in [1.165, 1.54) is 0 Å². The van der Waals surface area contributed by atoms with Gasteiger partial charge in [-0.1, -0.05) is 23.7 Å². The number of rotatable bonds is 2. The summed E-state index contributed by atoms with van der Waals surface area (Å²) in [7, 11) is 0. The molecule has 0 fully saturated rings. The molecule has 1 aromatic heterocycles. The van der Waals surface area contributed by atoms with Gasteiger partial charge < -0.3 is 11.1 Å². The van der Waals surface area contributed by atoms with Gasteiger partial charge in [0.05, 0.1) is 22.1 Å². The first-order valence-corrected chi connectivity index (χ1v) is 6.06. The Bertz CT molecular complexity index is 579. The summed E-state index contributed by atoms with van der Waals surface area (Å²) in [6, 6.07) is 5.62. The number of hydrogen-bond donors (Lipinski definition) is 2. The van der Waals surface area contributed by atoms with E-state index < -0.39 is 0 Å². The Morgan fingerprint density at radius 2 is 1.89 bits per heavy atom. The summed E-state index contributed by atoms with van der Waals surface area (Å²) in [4.78, 5) is 8.05. The summed E-state index contributed by atoms with van der Waals surface area (Å²) in [5, 5.41) is 3.84. The summed E-state index contributed by atoms with van der Waals surface area (Å²) in [6.45, 7) is 3.72. The van der Waals surface area contributed by atoms with Gasteiger partial charge >= 0.3 is 0 Å². The van der Waals surface area contributed by atoms with Crippen LogP contribution in [0.3, 0.4) is 0 Å². The number of halogens is 2.